The van der Waals surface area contributed by atoms with Crippen LogP contribution in [0.25, 0.3) is 6.08 Å². The molecule has 0 amide bonds. The van der Waals surface area contributed by atoms with E-state index in [0.29, 0.717) is 30.2 Å². The third-order valence-electron chi connectivity index (χ3n) is 2.59. The van der Waals surface area contributed by atoms with Crippen LogP contribution in [-0.2, 0) is 14.3 Å². The summed E-state index contributed by atoms with van der Waals surface area (Å²) in [6, 6.07) is 5.28. The van der Waals surface area contributed by atoms with Crippen molar-refractivity contribution in [3.63, 3.8) is 0 Å². The van der Waals surface area contributed by atoms with Gasteiger partial charge in [-0.25, -0.2) is 0 Å². The molecule has 1 aromatic carbocycles. The van der Waals surface area contributed by atoms with E-state index in [1.807, 2.05) is 6.92 Å². The maximum atomic E-state index is 10.3. The van der Waals surface area contributed by atoms with Crippen LogP contribution < -0.4 is 9.47 Å². The predicted molar refractivity (Wildman–Crippen MR) is 80.3 cm³/mol. The zero-order chi connectivity index (χ0) is 15.7. The summed E-state index contributed by atoms with van der Waals surface area (Å²) in [5.74, 6) is 1.34. The van der Waals surface area contributed by atoms with Gasteiger partial charge in [0, 0.05) is 13.7 Å². The molecule has 0 heterocycles. The van der Waals surface area contributed by atoms with Gasteiger partial charge >= 0.3 is 0 Å². The molecule has 0 N–H and O–H groups in total. The number of rotatable bonds is 9. The van der Waals surface area contributed by atoms with Crippen molar-refractivity contribution in [1.82, 2.24) is 0 Å². The Morgan fingerprint density at radius 1 is 1.33 bits per heavy atom. The van der Waals surface area contributed by atoms with Gasteiger partial charge < -0.3 is 18.9 Å². The van der Waals surface area contributed by atoms with E-state index in [1.54, 1.807) is 24.3 Å². The zero-order valence-electron chi connectivity index (χ0n) is 12.5. The second kappa shape index (κ2) is 8.94. The maximum Gasteiger partial charge on any atom is 0.216 e. The fourth-order valence-electron chi connectivity index (χ4n) is 1.66. The minimum Gasteiger partial charge on any atom is -0.493 e. The van der Waals surface area contributed by atoms with Crippen molar-refractivity contribution in [2.75, 3.05) is 20.8 Å². The summed E-state index contributed by atoms with van der Waals surface area (Å²) in [7, 11) is 3.05. The largest absolute Gasteiger partial charge is 0.493 e. The molecule has 0 saturated carbocycles. The lowest BCUT2D eigenvalue weighted by Crippen LogP contribution is -2.21. The quantitative estimate of drug-likeness (QED) is 0.303. The predicted octanol–water partition coefficient (Wildman–Crippen LogP) is 2.81. The van der Waals surface area contributed by atoms with Gasteiger partial charge in [-0.15, -0.1) is 0 Å². The first kappa shape index (κ1) is 16.9. The van der Waals surface area contributed by atoms with E-state index in [-0.39, 0.29) is 0 Å². The Bertz CT molecular complexity index is 507. The van der Waals surface area contributed by atoms with Gasteiger partial charge in [-0.05, 0) is 30.7 Å². The summed E-state index contributed by atoms with van der Waals surface area (Å²) in [6.45, 7) is 6.13. The summed E-state index contributed by atoms with van der Waals surface area (Å²) in [4.78, 5) is 10.3. The molecular formula is C16H20O5. The number of methoxy groups -OCH3 is 2. The highest BCUT2D eigenvalue weighted by atomic mass is 16.7. The monoisotopic (exact) mass is 292 g/mol. The van der Waals surface area contributed by atoms with E-state index < -0.39 is 6.29 Å². The van der Waals surface area contributed by atoms with Gasteiger partial charge in [-0.2, -0.15) is 0 Å². The smallest absolute Gasteiger partial charge is 0.216 e. The molecule has 21 heavy (non-hydrogen) atoms. The summed E-state index contributed by atoms with van der Waals surface area (Å²) < 4.78 is 21.4. The van der Waals surface area contributed by atoms with E-state index >= 15 is 0 Å². The summed E-state index contributed by atoms with van der Waals surface area (Å²) in [5.41, 5.74) is 0.824. The molecule has 0 aliphatic carbocycles. The van der Waals surface area contributed by atoms with Gasteiger partial charge in [0.25, 0.3) is 0 Å². The molecule has 114 valence electrons. The Morgan fingerprint density at radius 2 is 2.10 bits per heavy atom. The van der Waals surface area contributed by atoms with Crippen molar-refractivity contribution in [2.24, 2.45) is 0 Å². The highest BCUT2D eigenvalue weighted by molar-refractivity contribution is 5.74. The van der Waals surface area contributed by atoms with Gasteiger partial charge in [-0.3, -0.25) is 4.79 Å². The molecule has 0 saturated heterocycles. The van der Waals surface area contributed by atoms with Gasteiger partial charge in [0.2, 0.25) is 6.29 Å². The Balaban J connectivity index is 2.89. The number of benzene rings is 1. The number of carbonyl (C=O) groups is 1. The molecule has 0 fully saturated rings. The average molecular weight is 292 g/mol. The lowest BCUT2D eigenvalue weighted by atomic mass is 10.2. The average Bonchev–Trinajstić information content (AvgIpc) is 2.51. The van der Waals surface area contributed by atoms with Crippen LogP contribution >= 0.6 is 0 Å². The molecule has 1 atom stereocenters. The van der Waals surface area contributed by atoms with Crippen molar-refractivity contribution >= 4 is 12.4 Å². The minimum atomic E-state index is -0.644. The Morgan fingerprint density at radius 3 is 2.67 bits per heavy atom. The Hall–Kier alpha value is -2.11. The minimum absolute atomic E-state index is 0.328. The van der Waals surface area contributed by atoms with Crippen LogP contribution in [0, 0.1) is 0 Å². The van der Waals surface area contributed by atoms with E-state index in [4.69, 9.17) is 18.9 Å². The van der Waals surface area contributed by atoms with Crippen LogP contribution in [0.4, 0.5) is 0 Å². The molecule has 0 radical (unpaired) electrons. The highest BCUT2D eigenvalue weighted by Gasteiger charge is 2.15. The molecule has 0 aliphatic heterocycles. The maximum absolute atomic E-state index is 10.3. The Labute approximate surface area is 124 Å². The van der Waals surface area contributed by atoms with E-state index in [9.17, 15) is 4.79 Å². The molecule has 0 bridgehead atoms. The summed E-state index contributed by atoms with van der Waals surface area (Å²) >= 11 is 0. The molecule has 0 aliphatic rings. The SMILES string of the molecule is C=C(Oc1ccc(/C=C/C=O)cc1OC)[C@H](OC)OCC. The molecule has 5 heteroatoms. The molecule has 1 rings (SSSR count). The highest BCUT2D eigenvalue weighted by Crippen LogP contribution is 2.30. The van der Waals surface area contributed by atoms with Gasteiger partial charge in [-0.1, -0.05) is 18.7 Å². The number of ether oxygens (including phenoxy) is 4. The zero-order valence-corrected chi connectivity index (χ0v) is 12.5. The normalized spacial score (nSPS) is 12.1. The second-order valence-corrected chi connectivity index (χ2v) is 4.00. The van der Waals surface area contributed by atoms with Gasteiger partial charge in [0.15, 0.2) is 17.3 Å². The lowest BCUT2D eigenvalue weighted by molar-refractivity contribution is -0.110. The molecule has 1 aromatic rings. The van der Waals surface area contributed by atoms with Crippen molar-refractivity contribution in [3.8, 4) is 11.5 Å². The molecule has 0 spiro atoms. The summed E-state index contributed by atoms with van der Waals surface area (Å²) in [5, 5.41) is 0. The van der Waals surface area contributed by atoms with Crippen LogP contribution in [0.15, 0.2) is 36.6 Å². The van der Waals surface area contributed by atoms with Crippen LogP contribution in [0.3, 0.4) is 0 Å². The van der Waals surface area contributed by atoms with Crippen molar-refractivity contribution in [3.05, 3.63) is 42.2 Å². The summed E-state index contributed by atoms with van der Waals surface area (Å²) in [6.07, 6.45) is 3.15. The Kier molecular flexibility index (Phi) is 7.21. The number of allylic oxidation sites excluding steroid dienone is 1. The van der Waals surface area contributed by atoms with Crippen molar-refractivity contribution in [1.29, 1.82) is 0 Å². The number of aldehydes is 1. The molecule has 0 aromatic heterocycles. The number of hydrogen-bond donors (Lipinski definition) is 0. The van der Waals surface area contributed by atoms with Gasteiger partial charge in [0.05, 0.1) is 7.11 Å². The van der Waals surface area contributed by atoms with E-state index in [1.165, 1.54) is 20.3 Å². The first-order valence-electron chi connectivity index (χ1n) is 6.47. The molecule has 5 nitrogen and oxygen atoms in total. The first-order valence-corrected chi connectivity index (χ1v) is 6.47. The molecule has 0 unspecified atom stereocenters. The van der Waals surface area contributed by atoms with Crippen molar-refractivity contribution in [2.45, 2.75) is 13.2 Å². The van der Waals surface area contributed by atoms with Gasteiger partial charge in [0.1, 0.15) is 6.29 Å². The van der Waals surface area contributed by atoms with E-state index in [2.05, 4.69) is 6.58 Å². The second-order valence-electron chi connectivity index (χ2n) is 4.00. The fraction of sp³-hybridized carbons (Fsp3) is 0.312. The third-order valence-corrected chi connectivity index (χ3v) is 2.59. The van der Waals surface area contributed by atoms with Crippen molar-refractivity contribution < 1.29 is 23.7 Å². The standard InChI is InChI=1S/C16H20O5/c1-5-20-16(19-4)12(2)21-14-9-8-13(7-6-10-17)11-15(14)18-3/h6-11,16H,2,5H2,1,3-4H3/b7-6+/t16-/m1/s1. The third kappa shape index (κ3) is 5.06. The topological polar surface area (TPSA) is 54.0 Å². The first-order chi connectivity index (χ1) is 10.2. The van der Waals surface area contributed by atoms with Crippen LogP contribution in [-0.4, -0.2) is 33.4 Å². The number of hydrogen-bond acceptors (Lipinski definition) is 5. The van der Waals surface area contributed by atoms with Crippen LogP contribution in [0.2, 0.25) is 0 Å². The van der Waals surface area contributed by atoms with Crippen LogP contribution in [0.1, 0.15) is 12.5 Å². The molecular weight excluding hydrogens is 272 g/mol. The fourth-order valence-corrected chi connectivity index (χ4v) is 1.66. The number of carbonyl (C=O) groups excluding carboxylic acids is 1. The lowest BCUT2D eigenvalue weighted by Gasteiger charge is -2.19. The van der Waals surface area contributed by atoms with E-state index in [0.717, 1.165) is 5.56 Å². The van der Waals surface area contributed by atoms with Crippen LogP contribution in [0.5, 0.6) is 11.5 Å².